The number of hydrogen-bond donors (Lipinski definition) is 3. The van der Waals surface area contributed by atoms with Crippen LogP contribution in [0.1, 0.15) is 17.3 Å². The van der Waals surface area contributed by atoms with E-state index >= 15 is 0 Å². The van der Waals surface area contributed by atoms with Gasteiger partial charge in [0, 0.05) is 35.3 Å². The van der Waals surface area contributed by atoms with Gasteiger partial charge in [-0.25, -0.2) is 0 Å². The van der Waals surface area contributed by atoms with Crippen LogP contribution < -0.4 is 16.3 Å². The van der Waals surface area contributed by atoms with E-state index in [1.54, 1.807) is 0 Å². The van der Waals surface area contributed by atoms with Gasteiger partial charge in [-0.05, 0) is 20.8 Å². The molecule has 0 atom stereocenters. The Morgan fingerprint density at radius 2 is 0.786 bits per heavy atom. The molecule has 9 nitrogen and oxygen atoms in total. The van der Waals surface area contributed by atoms with E-state index in [0.29, 0.717) is 0 Å². The molecule has 0 aliphatic heterocycles. The predicted molar refractivity (Wildman–Crippen MR) is 94.1 cm³/mol. The van der Waals surface area contributed by atoms with Crippen molar-refractivity contribution in [2.45, 2.75) is 20.8 Å². The van der Waals surface area contributed by atoms with Crippen LogP contribution in [-0.4, -0.2) is 15.3 Å². The summed E-state index contributed by atoms with van der Waals surface area (Å²) in [5, 5.41) is 26.4. The van der Waals surface area contributed by atoms with Crippen molar-refractivity contribution in [2.24, 2.45) is 0 Å². The van der Waals surface area contributed by atoms with Crippen molar-refractivity contribution in [2.75, 3.05) is 0 Å². The zero-order valence-corrected chi connectivity index (χ0v) is 16.2. The van der Waals surface area contributed by atoms with E-state index in [-0.39, 0.29) is 51.6 Å². The topological polar surface area (TPSA) is 151 Å². The van der Waals surface area contributed by atoms with Crippen LogP contribution in [0.5, 0.6) is 17.2 Å². The van der Waals surface area contributed by atoms with Gasteiger partial charge in [0.15, 0.2) is 0 Å². The Morgan fingerprint density at radius 3 is 0.929 bits per heavy atom. The zero-order chi connectivity index (χ0) is 20.6. The molecule has 3 aromatic rings. The molecule has 10 heteroatoms. The third-order valence-corrected chi connectivity index (χ3v) is 3.09. The summed E-state index contributed by atoms with van der Waals surface area (Å²) >= 11 is 0. The van der Waals surface area contributed by atoms with Crippen molar-refractivity contribution >= 4 is 0 Å². The first-order valence-electron chi connectivity index (χ1n) is 7.47. The second kappa shape index (κ2) is 11.5. The summed E-state index contributed by atoms with van der Waals surface area (Å²) < 4.78 is 14.1. The Balaban J connectivity index is 0.000000384. The van der Waals surface area contributed by atoms with Crippen molar-refractivity contribution in [3.05, 3.63) is 84.9 Å². The largest absolute Gasteiger partial charge is 0.502 e. The summed E-state index contributed by atoms with van der Waals surface area (Å²) in [6.07, 6.45) is 3.74. The number of hydrogen-bond acceptors (Lipinski definition) is 9. The molecule has 3 aromatic heterocycles. The third kappa shape index (κ3) is 7.18. The van der Waals surface area contributed by atoms with E-state index in [9.17, 15) is 14.4 Å². The van der Waals surface area contributed by atoms with Crippen LogP contribution in [0.4, 0.5) is 0 Å². The number of aromatic hydroxyl groups is 3. The molecule has 3 heterocycles. The second-order valence-corrected chi connectivity index (χ2v) is 5.07. The van der Waals surface area contributed by atoms with Gasteiger partial charge in [0.1, 0.15) is 17.3 Å². The Bertz CT molecular complexity index is 927. The molecule has 3 N–H and O–H groups in total. The average molecular weight is 434 g/mol. The molecule has 0 fully saturated rings. The molecule has 0 bridgehead atoms. The Morgan fingerprint density at radius 1 is 0.571 bits per heavy atom. The summed E-state index contributed by atoms with van der Waals surface area (Å²) in [5.41, 5.74) is -1.21. The summed E-state index contributed by atoms with van der Waals surface area (Å²) in [6.45, 7) is 4.57. The fourth-order valence-electron chi connectivity index (χ4n) is 1.52. The first-order valence-corrected chi connectivity index (χ1v) is 7.47. The van der Waals surface area contributed by atoms with Crippen molar-refractivity contribution in [1.82, 2.24) is 0 Å². The van der Waals surface area contributed by atoms with Gasteiger partial charge in [-0.3, -0.25) is 14.4 Å². The first kappa shape index (κ1) is 24.8. The number of rotatable bonds is 0. The molecule has 0 unspecified atom stereocenters. The van der Waals surface area contributed by atoms with Gasteiger partial charge in [0.2, 0.25) is 33.5 Å². The molecule has 0 radical (unpaired) electrons. The fraction of sp³-hybridized carbons (Fsp3) is 0.167. The van der Waals surface area contributed by atoms with E-state index in [2.05, 4.69) is 13.3 Å². The van der Waals surface area contributed by atoms with Crippen LogP contribution in [-0.2, 0) is 17.1 Å². The van der Waals surface area contributed by atoms with Crippen molar-refractivity contribution in [1.29, 1.82) is 0 Å². The minimum absolute atomic E-state index is 0. The number of aryl methyl sites for hydroxylation is 3. The van der Waals surface area contributed by atoms with Crippen molar-refractivity contribution in [3.63, 3.8) is 0 Å². The third-order valence-electron chi connectivity index (χ3n) is 3.09. The summed E-state index contributed by atoms with van der Waals surface area (Å²) in [6, 6.07) is 3.51. The minimum Gasteiger partial charge on any atom is -0.502 e. The molecule has 152 valence electrons. The second-order valence-electron chi connectivity index (χ2n) is 5.07. The molecule has 0 amide bonds. The van der Waals surface area contributed by atoms with E-state index in [1.807, 2.05) is 0 Å². The molecule has 0 spiro atoms. The van der Waals surface area contributed by atoms with E-state index in [1.165, 1.54) is 57.8 Å². The maximum atomic E-state index is 10.5. The van der Waals surface area contributed by atoms with Crippen LogP contribution >= 0.6 is 0 Å². The summed E-state index contributed by atoms with van der Waals surface area (Å²) in [5.74, 6) is -0.167. The normalized spacial score (nSPS) is 9.11. The van der Waals surface area contributed by atoms with Gasteiger partial charge in [0.25, 0.3) is 0 Å². The van der Waals surface area contributed by atoms with Gasteiger partial charge in [-0.2, -0.15) is 0 Å². The van der Waals surface area contributed by atoms with Gasteiger partial charge in [0.05, 0.1) is 18.8 Å². The standard InChI is InChI=1S/3C6H6O3.Fe/c3*1-4-6(8)5(7)2-3-9-4;/h3*2-3,8H,1H3;. The average Bonchev–Trinajstić information content (AvgIpc) is 2.63. The van der Waals surface area contributed by atoms with Crippen molar-refractivity contribution in [3.8, 4) is 17.2 Å². The van der Waals surface area contributed by atoms with Crippen LogP contribution in [0.15, 0.2) is 64.6 Å². The molecule has 28 heavy (non-hydrogen) atoms. The SMILES string of the molecule is Cc1occc(=O)c1O.Cc1occc(=O)c1O.Cc1occc(=O)c1O.[Fe]. The Labute approximate surface area is 169 Å². The maximum absolute atomic E-state index is 10.5. The van der Waals surface area contributed by atoms with E-state index in [4.69, 9.17) is 15.3 Å². The first-order chi connectivity index (χ1) is 12.6. The van der Waals surface area contributed by atoms with Crippen LogP contribution in [0.3, 0.4) is 0 Å². The molecule has 0 saturated heterocycles. The molecular formula is C18H18FeO9. The fourth-order valence-corrected chi connectivity index (χ4v) is 1.52. The predicted octanol–water partition coefficient (Wildman–Crippen LogP) is 1.96. The molecule has 3 rings (SSSR count). The van der Waals surface area contributed by atoms with Crippen LogP contribution in [0, 0.1) is 20.8 Å². The molecule has 0 aromatic carbocycles. The summed E-state index contributed by atoms with van der Waals surface area (Å²) in [7, 11) is 0. The van der Waals surface area contributed by atoms with Gasteiger partial charge in [-0.1, -0.05) is 0 Å². The smallest absolute Gasteiger partial charge is 0.226 e. The molecule has 0 saturated carbocycles. The molecular weight excluding hydrogens is 416 g/mol. The monoisotopic (exact) mass is 434 g/mol. The van der Waals surface area contributed by atoms with Crippen molar-refractivity contribution < 1.29 is 45.6 Å². The maximum Gasteiger partial charge on any atom is 0.226 e. The molecule has 0 aliphatic carbocycles. The zero-order valence-electron chi connectivity index (χ0n) is 15.1. The van der Waals surface area contributed by atoms with Gasteiger partial charge in [-0.15, -0.1) is 0 Å². The molecule has 0 aliphatic rings. The minimum atomic E-state index is -0.404. The Hall–Kier alpha value is -3.23. The van der Waals surface area contributed by atoms with E-state index in [0.717, 1.165) is 0 Å². The van der Waals surface area contributed by atoms with Gasteiger partial charge < -0.3 is 28.6 Å². The summed E-state index contributed by atoms with van der Waals surface area (Å²) in [4.78, 5) is 31.6. The quantitative estimate of drug-likeness (QED) is 0.451. The van der Waals surface area contributed by atoms with Crippen LogP contribution in [0.25, 0.3) is 0 Å². The Kier molecular flexibility index (Phi) is 10.2. The van der Waals surface area contributed by atoms with Gasteiger partial charge >= 0.3 is 0 Å². The van der Waals surface area contributed by atoms with Crippen LogP contribution in [0.2, 0.25) is 0 Å². The van der Waals surface area contributed by atoms with E-state index < -0.39 is 16.3 Å².